The summed E-state index contributed by atoms with van der Waals surface area (Å²) >= 11 is 11.9. The van der Waals surface area contributed by atoms with Crippen LogP contribution < -0.4 is 11.5 Å². The number of fused-ring (bicyclic) bond motifs is 1. The number of aromatic nitrogens is 4. The van der Waals surface area contributed by atoms with Gasteiger partial charge >= 0.3 is 0 Å². The summed E-state index contributed by atoms with van der Waals surface area (Å²) in [5.41, 5.74) is 20.3. The second-order valence-electron chi connectivity index (χ2n) is 10.8. The van der Waals surface area contributed by atoms with E-state index in [9.17, 15) is 10.2 Å². The Labute approximate surface area is 286 Å². The Morgan fingerprint density at radius 2 is 1.21 bits per heavy atom. The molecule has 7 rings (SSSR count). The van der Waals surface area contributed by atoms with E-state index in [0.717, 1.165) is 50.1 Å². The van der Waals surface area contributed by atoms with Gasteiger partial charge in [0, 0.05) is 44.9 Å². The van der Waals surface area contributed by atoms with Gasteiger partial charge in [-0.15, -0.1) is 0 Å². The number of nitrogen functional groups attached to an aromatic ring is 2. The number of hydrogen-bond acceptors (Lipinski definition) is 6. The van der Waals surface area contributed by atoms with Gasteiger partial charge in [0.25, 0.3) is 0 Å². The molecule has 6 N–H and O–H groups in total. The summed E-state index contributed by atoms with van der Waals surface area (Å²) in [5.74, 6) is 0.798. The number of nitrogens with zero attached hydrogens (tertiary/aromatic N) is 5. The first-order chi connectivity index (χ1) is 23.3. The Balaban J connectivity index is 0.000000168. The molecule has 0 atom stereocenters. The number of anilines is 2. The zero-order chi connectivity index (χ0) is 33.8. The van der Waals surface area contributed by atoms with Crippen molar-refractivity contribution in [2.24, 2.45) is 0 Å². The van der Waals surface area contributed by atoms with Crippen LogP contribution in [0.5, 0.6) is 0 Å². The van der Waals surface area contributed by atoms with Gasteiger partial charge < -0.3 is 30.8 Å². The van der Waals surface area contributed by atoms with Gasteiger partial charge in [-0.25, -0.2) is 14.8 Å². The van der Waals surface area contributed by atoms with Crippen LogP contribution >= 0.6 is 23.2 Å². The molecular formula is C37H29Cl2N7O2. The van der Waals surface area contributed by atoms with Crippen LogP contribution in [-0.4, -0.2) is 29.3 Å². The van der Waals surface area contributed by atoms with Crippen LogP contribution in [0.3, 0.4) is 0 Å². The lowest BCUT2D eigenvalue weighted by Gasteiger charge is -2.07. The van der Waals surface area contributed by atoms with E-state index in [4.69, 9.17) is 41.2 Å². The zero-order valence-corrected chi connectivity index (χ0v) is 26.9. The highest BCUT2D eigenvalue weighted by molar-refractivity contribution is 6.31. The van der Waals surface area contributed by atoms with Crippen molar-refractivity contribution >= 4 is 51.6 Å². The molecule has 0 aliphatic heterocycles. The van der Waals surface area contributed by atoms with E-state index in [-0.39, 0.29) is 13.2 Å². The lowest BCUT2D eigenvalue weighted by atomic mass is 10.1. The molecule has 0 saturated heterocycles. The van der Waals surface area contributed by atoms with E-state index in [0.29, 0.717) is 33.0 Å². The van der Waals surface area contributed by atoms with Crippen molar-refractivity contribution in [3.8, 4) is 33.6 Å². The molecule has 0 aliphatic carbocycles. The summed E-state index contributed by atoms with van der Waals surface area (Å²) < 4.78 is 3.72. The minimum Gasteiger partial charge on any atom is -0.394 e. The summed E-state index contributed by atoms with van der Waals surface area (Å²) in [6.45, 7) is 7.37. The molecule has 48 heavy (non-hydrogen) atoms. The van der Waals surface area contributed by atoms with Crippen molar-refractivity contribution in [2.45, 2.75) is 13.2 Å². The largest absolute Gasteiger partial charge is 0.394 e. The molecule has 0 amide bonds. The van der Waals surface area contributed by atoms with Crippen LogP contribution in [0.2, 0.25) is 10.0 Å². The topological polar surface area (TPSA) is 132 Å². The quantitative estimate of drug-likeness (QED) is 0.131. The first-order valence-electron chi connectivity index (χ1n) is 14.7. The van der Waals surface area contributed by atoms with E-state index >= 15 is 0 Å². The van der Waals surface area contributed by atoms with Gasteiger partial charge in [0.1, 0.15) is 18.0 Å². The highest BCUT2D eigenvalue weighted by Gasteiger charge is 2.17. The summed E-state index contributed by atoms with van der Waals surface area (Å²) in [7, 11) is 0. The predicted octanol–water partition coefficient (Wildman–Crippen LogP) is 8.24. The number of rotatable bonds is 6. The average molecular weight is 675 g/mol. The summed E-state index contributed by atoms with van der Waals surface area (Å²) in [6, 6.07) is 29.9. The van der Waals surface area contributed by atoms with Crippen LogP contribution in [-0.2, 0) is 13.2 Å². The third-order valence-electron chi connectivity index (χ3n) is 7.79. The molecule has 0 spiro atoms. The summed E-state index contributed by atoms with van der Waals surface area (Å²) in [5, 5.41) is 20.8. The van der Waals surface area contributed by atoms with Crippen LogP contribution in [0.4, 0.5) is 17.3 Å². The molecular weight excluding hydrogens is 645 g/mol. The molecule has 3 heterocycles. The van der Waals surface area contributed by atoms with Gasteiger partial charge in [-0.05, 0) is 70.8 Å². The number of nitrogens with two attached hydrogens (primary N) is 2. The fourth-order valence-electron chi connectivity index (χ4n) is 5.42. The second kappa shape index (κ2) is 14.0. The van der Waals surface area contributed by atoms with Gasteiger partial charge in [0.05, 0.1) is 25.2 Å². The molecule has 0 bridgehead atoms. The van der Waals surface area contributed by atoms with Crippen LogP contribution in [0.1, 0.15) is 11.1 Å². The fraction of sp³-hybridized carbons (Fsp3) is 0.0541. The monoisotopic (exact) mass is 673 g/mol. The Hall–Kier alpha value is -5.63. The maximum atomic E-state index is 9.41. The van der Waals surface area contributed by atoms with Gasteiger partial charge in [0.2, 0.25) is 5.69 Å². The minimum atomic E-state index is -0.0469. The molecule has 0 saturated carbocycles. The first kappa shape index (κ1) is 32.3. The minimum absolute atomic E-state index is 0.0196. The van der Waals surface area contributed by atoms with Gasteiger partial charge in [-0.3, -0.25) is 0 Å². The zero-order valence-electron chi connectivity index (χ0n) is 25.4. The highest BCUT2D eigenvalue weighted by Crippen LogP contribution is 2.39. The molecule has 3 aromatic heterocycles. The second-order valence-corrected chi connectivity index (χ2v) is 11.7. The van der Waals surface area contributed by atoms with Crippen molar-refractivity contribution in [3.05, 3.63) is 148 Å². The molecule has 0 fully saturated rings. The van der Waals surface area contributed by atoms with E-state index in [2.05, 4.69) is 14.8 Å². The molecule has 11 heteroatoms. The lowest BCUT2D eigenvalue weighted by molar-refractivity contribution is 0.281. The number of aliphatic hydroxyl groups excluding tert-OH is 2. The maximum absolute atomic E-state index is 9.41. The van der Waals surface area contributed by atoms with Crippen molar-refractivity contribution in [1.82, 2.24) is 19.1 Å². The van der Waals surface area contributed by atoms with Crippen LogP contribution in [0.15, 0.2) is 116 Å². The predicted molar refractivity (Wildman–Crippen MR) is 192 cm³/mol. The lowest BCUT2D eigenvalue weighted by Crippen LogP contribution is -1.99. The maximum Gasteiger partial charge on any atom is 0.235 e. The van der Waals surface area contributed by atoms with E-state index in [1.54, 1.807) is 16.7 Å². The molecule has 0 unspecified atom stereocenters. The Morgan fingerprint density at radius 3 is 1.75 bits per heavy atom. The van der Waals surface area contributed by atoms with Gasteiger partial charge in [-0.2, -0.15) is 0 Å². The van der Waals surface area contributed by atoms with Gasteiger partial charge in [-0.1, -0.05) is 71.7 Å². The number of halogens is 2. The summed E-state index contributed by atoms with van der Waals surface area (Å²) in [4.78, 5) is 12.1. The van der Waals surface area contributed by atoms with Crippen molar-refractivity contribution < 1.29 is 10.2 Å². The molecule has 0 aliphatic rings. The third-order valence-corrected chi connectivity index (χ3v) is 8.30. The average Bonchev–Trinajstić information content (AvgIpc) is 3.68. The smallest absolute Gasteiger partial charge is 0.235 e. The Kier molecular flexibility index (Phi) is 9.43. The first-order valence-corrected chi connectivity index (χ1v) is 15.5. The Bertz CT molecular complexity index is 2270. The van der Waals surface area contributed by atoms with E-state index in [1.807, 2.05) is 102 Å². The van der Waals surface area contributed by atoms with Crippen molar-refractivity contribution in [3.63, 3.8) is 0 Å². The van der Waals surface area contributed by atoms with Crippen LogP contribution in [0.25, 0.3) is 49.5 Å². The number of benzene rings is 4. The number of hydrogen-bond donors (Lipinski definition) is 4. The number of aliphatic hydroxyl groups is 2. The van der Waals surface area contributed by atoms with Crippen molar-refractivity contribution in [1.29, 1.82) is 0 Å². The molecule has 0 radical (unpaired) electrons. The normalized spacial score (nSPS) is 10.8. The Morgan fingerprint density at radius 1 is 0.688 bits per heavy atom. The fourth-order valence-corrected chi connectivity index (χ4v) is 5.68. The standard InChI is InChI=1S/C19H15ClN4O.C18H14ClN3O/c20-14-6-4-13(5-7-14)16-9-24(15-3-1-2-12(8-15)10-25)19-17(16)18(21)22-11-23-19;1-21-17-16(13-5-7-14(19)8-6-13)10-22(18(17)20)15-4-2-3-12(9-15)11-23/h1-9,11,25H,10H2,(H2,21,22,23);2-10,23H,11,20H2. The van der Waals surface area contributed by atoms with E-state index in [1.165, 1.54) is 6.33 Å². The molecule has 238 valence electrons. The molecule has 7 aromatic rings. The molecule has 9 nitrogen and oxygen atoms in total. The van der Waals surface area contributed by atoms with E-state index < -0.39 is 0 Å². The third kappa shape index (κ3) is 6.47. The van der Waals surface area contributed by atoms with Gasteiger partial charge in [0.15, 0.2) is 5.65 Å². The summed E-state index contributed by atoms with van der Waals surface area (Å²) in [6.07, 6.45) is 5.27. The van der Waals surface area contributed by atoms with Crippen LogP contribution in [0, 0.1) is 6.57 Å². The SMILES string of the molecule is Nc1ncnc2c1c(-c1ccc(Cl)cc1)cn2-c1cccc(CO)c1.[C-]#[N+]c1c(-c2ccc(Cl)cc2)cn(-c2cccc(CO)c2)c1N. The highest BCUT2D eigenvalue weighted by atomic mass is 35.5. The molecule has 4 aromatic carbocycles. The van der Waals surface area contributed by atoms with Crippen molar-refractivity contribution in [2.75, 3.05) is 11.5 Å².